The van der Waals surface area contributed by atoms with Crippen LogP contribution in [-0.2, 0) is 0 Å². The minimum Gasteiger partial charge on any atom is -0.473 e. The highest BCUT2D eigenvalue weighted by Crippen LogP contribution is 1.47. The smallest absolute Gasteiger partial charge is 0.347 e. The van der Waals surface area contributed by atoms with Gasteiger partial charge in [0.2, 0.25) is 0 Å². The maximum atomic E-state index is 7.34. The lowest BCUT2D eigenvalue weighted by molar-refractivity contribution is 0.386. The molecule has 6 heavy (non-hydrogen) atoms. The summed E-state index contributed by atoms with van der Waals surface area (Å²) in [6.07, 6.45) is 0. The molecule has 0 spiro atoms. The van der Waals surface area contributed by atoms with Crippen LogP contribution in [-0.4, -0.2) is 15.4 Å². The first-order valence-electron chi connectivity index (χ1n) is 0.651. The van der Waals surface area contributed by atoms with Crippen molar-refractivity contribution in [1.29, 1.82) is 0 Å². The van der Waals surface area contributed by atoms with Crippen LogP contribution in [0.5, 0.6) is 0 Å². The summed E-state index contributed by atoms with van der Waals surface area (Å²) < 4.78 is 0. The summed E-state index contributed by atoms with van der Waals surface area (Å²) >= 11 is 3.65. The van der Waals surface area contributed by atoms with E-state index in [-0.39, 0.29) is 12.3 Å². The van der Waals surface area contributed by atoms with Crippen LogP contribution in [0.15, 0.2) is 0 Å². The van der Waals surface area contributed by atoms with Gasteiger partial charge in [0.1, 0.15) is 0 Å². The molecule has 0 aliphatic heterocycles. The van der Waals surface area contributed by atoms with E-state index in [1.54, 1.807) is 0 Å². The number of rotatable bonds is 0. The fourth-order valence-electron chi connectivity index (χ4n) is 0. The lowest BCUT2D eigenvalue weighted by Crippen LogP contribution is -1.80. The second-order valence-electron chi connectivity index (χ2n) is 0.283. The predicted octanol–water partition coefficient (Wildman–Crippen LogP) is 0.711. The molecule has 0 aromatic rings. The highest BCUT2D eigenvalue weighted by atomic mass is 32.1. The molecule has 0 bridgehead atoms. The second kappa shape index (κ2) is 8.82. The molecule has 5 heteroatoms. The first-order chi connectivity index (χ1) is 1.73. The Morgan fingerprint density at radius 3 is 1.17 bits per heavy atom. The molecule has 0 radical (unpaired) electrons. The molecular weight excluding hydrogens is 104 g/mol. The number of aliphatic hydroxyl groups excluding tert-OH is 1. The minimum absolute atomic E-state index is 0. The van der Waals surface area contributed by atoms with Crippen molar-refractivity contribution in [3.63, 3.8) is 0 Å². The van der Waals surface area contributed by atoms with Crippen molar-refractivity contribution in [3.8, 4) is 0 Å². The van der Waals surface area contributed by atoms with Crippen LogP contribution in [0.3, 0.4) is 0 Å². The fourth-order valence-corrected chi connectivity index (χ4v) is 0. The van der Waals surface area contributed by atoms with Crippen molar-refractivity contribution >= 4 is 17.5 Å². The summed E-state index contributed by atoms with van der Waals surface area (Å²) in [5.41, 5.74) is 0. The summed E-state index contributed by atoms with van der Waals surface area (Å²) in [7, 11) is 0. The van der Waals surface area contributed by atoms with E-state index in [1.807, 2.05) is 0 Å². The maximum absolute atomic E-state index is 7.34. The second-order valence-corrected chi connectivity index (χ2v) is 0.648. The Hall–Kier alpha value is -0.390. The summed E-state index contributed by atoms with van der Waals surface area (Å²) in [5.74, 6) is 0. The third-order valence-electron chi connectivity index (χ3n) is 0. The molecule has 0 atom stereocenters. The van der Waals surface area contributed by atoms with E-state index < -0.39 is 5.24 Å². The van der Waals surface area contributed by atoms with Crippen LogP contribution < -0.4 is 12.3 Å². The molecule has 0 aliphatic carbocycles. The molecule has 0 aromatic carbocycles. The van der Waals surface area contributed by atoms with Gasteiger partial charge in [0.15, 0.2) is 0 Å². The molecule has 0 fully saturated rings. The maximum Gasteiger partial charge on any atom is 0.347 e. The first-order valence-corrected chi connectivity index (χ1v) is 1.06. The average Bonchev–Trinajstić information content (AvgIpc) is 0.811. The van der Waals surface area contributed by atoms with Gasteiger partial charge in [0.05, 0.1) is 0 Å². The molecule has 0 aromatic heterocycles. The van der Waals surface area contributed by atoms with E-state index in [0.29, 0.717) is 0 Å². The van der Waals surface area contributed by atoms with Crippen LogP contribution in [0.2, 0.25) is 0 Å². The van der Waals surface area contributed by atoms with Crippen LogP contribution >= 0.6 is 12.2 Å². The topological polar surface area (TPSA) is 110 Å². The van der Waals surface area contributed by atoms with Crippen molar-refractivity contribution in [2.75, 3.05) is 0 Å². The largest absolute Gasteiger partial charge is 0.473 e. The van der Waals surface area contributed by atoms with Crippen molar-refractivity contribution in [2.24, 2.45) is 0 Å². The summed E-state index contributed by atoms with van der Waals surface area (Å²) in [4.78, 5) is 0. The quantitative estimate of drug-likeness (QED) is 0.345. The van der Waals surface area contributed by atoms with Gasteiger partial charge in [0.25, 0.3) is 0 Å². The van der Waals surface area contributed by atoms with Crippen LogP contribution in [0, 0.1) is 0 Å². The van der Waals surface area contributed by atoms with E-state index in [0.717, 1.165) is 0 Å². The van der Waals surface area contributed by atoms with Gasteiger partial charge >= 0.3 is 5.24 Å². The van der Waals surface area contributed by atoms with Crippen LogP contribution in [0.4, 0.5) is 0 Å². The Kier molecular flexibility index (Phi) is 25.7. The molecule has 0 saturated carbocycles. The summed E-state index contributed by atoms with van der Waals surface area (Å²) in [6, 6.07) is 0. The van der Waals surface area contributed by atoms with Gasteiger partial charge < -0.3 is 22.5 Å². The van der Waals surface area contributed by atoms with Gasteiger partial charge in [-0.3, -0.25) is 0 Å². The van der Waals surface area contributed by atoms with Crippen molar-refractivity contribution < 1.29 is 10.2 Å². The first kappa shape index (κ1) is 17.5. The lowest BCUT2D eigenvalue weighted by Gasteiger charge is -1.65. The van der Waals surface area contributed by atoms with Gasteiger partial charge in [-0.15, -0.1) is 0 Å². The van der Waals surface area contributed by atoms with E-state index in [4.69, 9.17) is 10.2 Å². The fraction of sp³-hybridized carbons (Fsp3) is 0. The lowest BCUT2D eigenvalue weighted by atomic mass is 11.5. The van der Waals surface area contributed by atoms with Gasteiger partial charge in [-0.25, -0.2) is 0 Å². The molecule has 0 aliphatic rings. The Bertz CT molecular complexity index is 34.5. The summed E-state index contributed by atoms with van der Waals surface area (Å²) in [5, 5.41) is 13.7. The number of thiocarbonyl (C=S) groups is 1. The Morgan fingerprint density at radius 1 is 1.17 bits per heavy atom. The SMILES string of the molecule is N.N.OC(O)=S. The third-order valence-corrected chi connectivity index (χ3v) is 0. The van der Waals surface area contributed by atoms with E-state index in [9.17, 15) is 0 Å². The molecular formula is CH8N2O2S. The van der Waals surface area contributed by atoms with Crippen molar-refractivity contribution in [2.45, 2.75) is 0 Å². The Morgan fingerprint density at radius 2 is 1.17 bits per heavy atom. The van der Waals surface area contributed by atoms with E-state index >= 15 is 0 Å². The third kappa shape index (κ3) is 162. The number of aliphatic hydroxyl groups is 2. The van der Waals surface area contributed by atoms with Gasteiger partial charge in [0, 0.05) is 12.2 Å². The predicted molar refractivity (Wildman–Crippen MR) is 27.9 cm³/mol. The standard InChI is InChI=1S/CH2O2S.2H3N/c2-1(3)4;;/h(H2,2,3,4);2*1H3. The van der Waals surface area contributed by atoms with E-state index in [2.05, 4.69) is 12.2 Å². The number of hydrogen-bond acceptors (Lipinski definition) is 3. The van der Waals surface area contributed by atoms with Crippen molar-refractivity contribution in [1.82, 2.24) is 12.3 Å². The zero-order valence-electron chi connectivity index (χ0n) is 3.22. The molecule has 40 valence electrons. The molecule has 0 amide bonds. The average molecular weight is 112 g/mol. The van der Waals surface area contributed by atoms with Gasteiger partial charge in [-0.2, -0.15) is 0 Å². The zero-order valence-corrected chi connectivity index (χ0v) is 4.03. The van der Waals surface area contributed by atoms with Gasteiger partial charge in [-0.05, 0) is 0 Å². The minimum atomic E-state index is -1.000. The Balaban J connectivity index is -0.0000000450. The zero-order chi connectivity index (χ0) is 3.58. The molecule has 0 saturated heterocycles. The highest BCUT2D eigenvalue weighted by Gasteiger charge is 1.62. The van der Waals surface area contributed by atoms with E-state index in [1.165, 1.54) is 0 Å². The van der Waals surface area contributed by atoms with Crippen LogP contribution in [0.25, 0.3) is 0 Å². The normalized spacial score (nSPS) is 4.00. The molecule has 0 rings (SSSR count). The Labute approximate surface area is 41.0 Å². The monoisotopic (exact) mass is 112 g/mol. The van der Waals surface area contributed by atoms with Gasteiger partial charge in [-0.1, -0.05) is 0 Å². The molecule has 0 heterocycles. The molecule has 8 N–H and O–H groups in total. The van der Waals surface area contributed by atoms with Crippen LogP contribution in [0.1, 0.15) is 0 Å². The summed E-state index contributed by atoms with van der Waals surface area (Å²) in [6.45, 7) is 0. The molecule has 0 unspecified atom stereocenters. The molecule has 4 nitrogen and oxygen atoms in total. The number of hydrogen-bond donors (Lipinski definition) is 4. The van der Waals surface area contributed by atoms with Crippen molar-refractivity contribution in [3.05, 3.63) is 0 Å². The highest BCUT2D eigenvalue weighted by molar-refractivity contribution is 7.79.